The van der Waals surface area contributed by atoms with Gasteiger partial charge in [0.25, 0.3) is 0 Å². The van der Waals surface area contributed by atoms with Crippen LogP contribution in [0.5, 0.6) is 0 Å². The molecule has 4 aromatic carbocycles. The number of rotatable bonds is 8. The van der Waals surface area contributed by atoms with Crippen molar-refractivity contribution in [1.29, 1.82) is 0 Å². The minimum absolute atomic E-state index is 0.141. The van der Waals surface area contributed by atoms with Gasteiger partial charge in [0, 0.05) is 27.0 Å². The van der Waals surface area contributed by atoms with Gasteiger partial charge in [0.05, 0.1) is 25.3 Å². The Morgan fingerprint density at radius 3 is 1.95 bits per heavy atom. The van der Waals surface area contributed by atoms with Crippen molar-refractivity contribution in [3.05, 3.63) is 102 Å². The fourth-order valence-electron chi connectivity index (χ4n) is 5.71. The highest BCUT2D eigenvalue weighted by Crippen LogP contribution is 2.57. The van der Waals surface area contributed by atoms with Gasteiger partial charge in [-0.1, -0.05) is 105 Å². The number of hydrogen-bond donors (Lipinski definition) is 0. The van der Waals surface area contributed by atoms with Crippen LogP contribution in [0.1, 0.15) is 52.5 Å². The minimum atomic E-state index is -3.43. The van der Waals surface area contributed by atoms with Crippen molar-refractivity contribution in [3.8, 4) is 22.3 Å². The van der Waals surface area contributed by atoms with Gasteiger partial charge in [0.2, 0.25) is 0 Å². The zero-order valence-electron chi connectivity index (χ0n) is 22.4. The molecule has 0 N–H and O–H groups in total. The van der Waals surface area contributed by atoms with E-state index in [1.54, 1.807) is 0 Å². The van der Waals surface area contributed by atoms with Crippen molar-refractivity contribution in [3.63, 3.8) is 0 Å². The summed E-state index contributed by atoms with van der Waals surface area (Å²) < 4.78 is 26.2. The molecule has 1 aliphatic heterocycles. The summed E-state index contributed by atoms with van der Waals surface area (Å²) in [6.07, 6.45) is 3.14. The van der Waals surface area contributed by atoms with E-state index in [0.717, 1.165) is 36.0 Å². The van der Waals surface area contributed by atoms with E-state index in [-0.39, 0.29) is 11.1 Å². The summed E-state index contributed by atoms with van der Waals surface area (Å²) in [5.74, 6) is -1.27. The van der Waals surface area contributed by atoms with Gasteiger partial charge in [-0.05, 0) is 29.5 Å². The number of methoxy groups -OCH3 is 2. The Balaban J connectivity index is 2.05. The van der Waals surface area contributed by atoms with Gasteiger partial charge >= 0.3 is 11.9 Å². The first-order chi connectivity index (χ1) is 19.0. The van der Waals surface area contributed by atoms with Crippen molar-refractivity contribution < 1.29 is 23.6 Å². The molecule has 198 valence electrons. The van der Waals surface area contributed by atoms with Gasteiger partial charge < -0.3 is 14.0 Å². The summed E-state index contributed by atoms with van der Waals surface area (Å²) in [5, 5.41) is 2.02. The average Bonchev–Trinajstić information content (AvgIpc) is 3.26. The van der Waals surface area contributed by atoms with E-state index >= 15 is 4.57 Å². The van der Waals surface area contributed by atoms with Gasteiger partial charge in [-0.3, -0.25) is 0 Å². The summed E-state index contributed by atoms with van der Waals surface area (Å²) >= 11 is 0. The van der Waals surface area contributed by atoms with Crippen molar-refractivity contribution in [2.45, 2.75) is 32.6 Å². The van der Waals surface area contributed by atoms with Gasteiger partial charge in [0.15, 0.2) is 7.14 Å². The van der Waals surface area contributed by atoms with E-state index in [2.05, 4.69) is 6.92 Å². The molecule has 5 rings (SSSR count). The molecule has 5 nitrogen and oxygen atoms in total. The van der Waals surface area contributed by atoms with Crippen LogP contribution in [0.4, 0.5) is 0 Å². The number of esters is 2. The third-order valence-electron chi connectivity index (χ3n) is 7.39. The molecule has 1 unspecified atom stereocenters. The fraction of sp³-hybridized carbons (Fsp3) is 0.212. The van der Waals surface area contributed by atoms with Crippen LogP contribution in [0.3, 0.4) is 0 Å². The van der Waals surface area contributed by atoms with Gasteiger partial charge in [-0.15, -0.1) is 0 Å². The highest BCUT2D eigenvalue weighted by Gasteiger charge is 2.46. The van der Waals surface area contributed by atoms with Crippen LogP contribution in [0.2, 0.25) is 0 Å². The maximum Gasteiger partial charge on any atom is 0.339 e. The number of carbonyl (C=O) groups is 2. The molecular weight excluding hydrogens is 507 g/mol. The Morgan fingerprint density at radius 1 is 0.718 bits per heavy atom. The number of fused-ring (bicyclic) bond motifs is 3. The van der Waals surface area contributed by atoms with Crippen LogP contribution < -0.4 is 15.9 Å². The lowest BCUT2D eigenvalue weighted by atomic mass is 9.83. The second kappa shape index (κ2) is 11.0. The molecule has 4 aromatic rings. The van der Waals surface area contributed by atoms with Crippen molar-refractivity contribution in [1.82, 2.24) is 0 Å². The van der Waals surface area contributed by atoms with Crippen LogP contribution in [0.25, 0.3) is 22.3 Å². The molecule has 39 heavy (non-hydrogen) atoms. The van der Waals surface area contributed by atoms with Crippen LogP contribution >= 0.6 is 7.14 Å². The van der Waals surface area contributed by atoms with Gasteiger partial charge in [-0.2, -0.15) is 0 Å². The van der Waals surface area contributed by atoms with Crippen molar-refractivity contribution >= 4 is 35.0 Å². The maximum atomic E-state index is 15.6. The highest BCUT2D eigenvalue weighted by molar-refractivity contribution is 7.86. The monoisotopic (exact) mass is 538 g/mol. The summed E-state index contributed by atoms with van der Waals surface area (Å²) in [4.78, 5) is 27.2. The lowest BCUT2D eigenvalue weighted by Gasteiger charge is -2.25. The number of benzene rings is 4. The zero-order chi connectivity index (χ0) is 27.6. The molecule has 0 radical (unpaired) electrons. The first kappa shape index (κ1) is 26.6. The quantitative estimate of drug-likeness (QED) is 0.132. The molecule has 1 heterocycles. The van der Waals surface area contributed by atoms with E-state index in [4.69, 9.17) is 9.47 Å². The largest absolute Gasteiger partial charge is 0.465 e. The third kappa shape index (κ3) is 4.31. The Kier molecular flexibility index (Phi) is 7.54. The number of ether oxygens (including phenoxy) is 2. The molecule has 1 aliphatic rings. The highest BCUT2D eigenvalue weighted by atomic mass is 31.2. The Labute approximate surface area is 229 Å². The zero-order valence-corrected chi connectivity index (χ0v) is 23.3. The molecule has 0 spiro atoms. The molecular formula is C33H31O5P. The molecule has 0 amide bonds. The summed E-state index contributed by atoms with van der Waals surface area (Å²) in [5.41, 5.74) is 3.70. The molecule has 1 atom stereocenters. The van der Waals surface area contributed by atoms with Crippen LogP contribution in [0, 0.1) is 0 Å². The maximum absolute atomic E-state index is 15.6. The second-order valence-electron chi connectivity index (χ2n) is 9.60. The van der Waals surface area contributed by atoms with Gasteiger partial charge in [-0.25, -0.2) is 9.59 Å². The Morgan fingerprint density at radius 2 is 1.31 bits per heavy atom. The third-order valence-corrected chi connectivity index (χ3v) is 10.6. The molecule has 0 fully saturated rings. The predicted octanol–water partition coefficient (Wildman–Crippen LogP) is 6.28. The first-order valence-corrected chi connectivity index (χ1v) is 14.9. The van der Waals surface area contributed by atoms with Crippen molar-refractivity contribution in [2.24, 2.45) is 0 Å². The molecule has 0 saturated carbocycles. The molecule has 0 aliphatic carbocycles. The molecule has 0 saturated heterocycles. The first-order valence-electron chi connectivity index (χ1n) is 13.2. The molecule has 0 bridgehead atoms. The number of unbranched alkanes of at least 4 members (excludes halogenated alkanes) is 2. The Bertz CT molecular complexity index is 1590. The number of carbonyl (C=O) groups excluding carboxylic acids is 2. The standard InChI is InChI=1S/C33H31O5P/c1-4-5-8-20-25-29(32(34)37-2)30(33(35)38-3)27(22-15-9-6-10-16-22)28-24-19-13-14-21-26(24)39(36,31(25)28)23-17-11-7-12-18-23/h6-7,9-19,21H,4-5,8,20H2,1-3H3. The SMILES string of the molecule is CCCCCc1c(C(=O)OC)c(C(=O)OC)c(-c2ccccc2)c2c1P(=O)(c1ccccc1)c1ccccc1-2. The van der Waals surface area contributed by atoms with Crippen LogP contribution in [-0.2, 0) is 20.5 Å². The summed E-state index contributed by atoms with van der Waals surface area (Å²) in [7, 11) is -0.815. The summed E-state index contributed by atoms with van der Waals surface area (Å²) in [6, 6.07) is 26.6. The van der Waals surface area contributed by atoms with Gasteiger partial charge in [0.1, 0.15) is 0 Å². The van der Waals surface area contributed by atoms with Crippen LogP contribution in [0.15, 0.2) is 84.9 Å². The average molecular weight is 539 g/mol. The predicted molar refractivity (Wildman–Crippen MR) is 156 cm³/mol. The number of hydrogen-bond acceptors (Lipinski definition) is 5. The minimum Gasteiger partial charge on any atom is -0.465 e. The Hall–Kier alpha value is -3.95. The van der Waals surface area contributed by atoms with E-state index in [9.17, 15) is 9.59 Å². The lowest BCUT2D eigenvalue weighted by molar-refractivity contribution is 0.0555. The van der Waals surface area contributed by atoms with Crippen LogP contribution in [-0.4, -0.2) is 26.2 Å². The molecule has 6 heteroatoms. The van der Waals surface area contributed by atoms with E-state index in [0.29, 0.717) is 33.5 Å². The fourth-order valence-corrected chi connectivity index (χ4v) is 9.05. The topological polar surface area (TPSA) is 69.7 Å². The lowest BCUT2D eigenvalue weighted by Crippen LogP contribution is -2.28. The van der Waals surface area contributed by atoms with E-state index in [1.807, 2.05) is 84.9 Å². The summed E-state index contributed by atoms with van der Waals surface area (Å²) in [6.45, 7) is 2.11. The molecule has 0 aromatic heterocycles. The van der Waals surface area contributed by atoms with Crippen molar-refractivity contribution in [2.75, 3.05) is 14.2 Å². The van der Waals surface area contributed by atoms with E-state index in [1.165, 1.54) is 14.2 Å². The van der Waals surface area contributed by atoms with E-state index < -0.39 is 19.1 Å². The second-order valence-corrected chi connectivity index (χ2v) is 12.3. The smallest absolute Gasteiger partial charge is 0.339 e. The normalized spacial score (nSPS) is 15.4.